The molecular formula is C30H41N7O3. The number of carbonyl (C=O) groups excluding carboxylic acids is 3. The number of nitrogens with zero attached hydrogens (tertiary/aromatic N) is 5. The smallest absolute Gasteiger partial charge is 0.272 e. The molecule has 3 heterocycles. The minimum Gasteiger partial charge on any atom is -0.351 e. The average Bonchev–Trinajstić information content (AvgIpc) is 3.46. The summed E-state index contributed by atoms with van der Waals surface area (Å²) in [5.41, 5.74) is 4.75. The Morgan fingerprint density at radius 1 is 1.15 bits per heavy atom. The van der Waals surface area contributed by atoms with Gasteiger partial charge < -0.3 is 20.1 Å². The molecule has 10 nitrogen and oxygen atoms in total. The Hall–Kier alpha value is -3.69. The maximum absolute atomic E-state index is 13.6. The van der Waals surface area contributed by atoms with E-state index in [9.17, 15) is 14.4 Å². The van der Waals surface area contributed by atoms with Crippen molar-refractivity contribution in [1.29, 1.82) is 0 Å². The molecule has 1 aliphatic carbocycles. The van der Waals surface area contributed by atoms with Crippen LogP contribution in [0.5, 0.6) is 0 Å². The van der Waals surface area contributed by atoms with Crippen molar-refractivity contribution in [3.8, 4) is 0 Å². The number of benzene rings is 1. The number of aryl methyl sites for hydroxylation is 2. The second kappa shape index (κ2) is 11.8. The monoisotopic (exact) mass is 547 g/mol. The third kappa shape index (κ3) is 5.90. The van der Waals surface area contributed by atoms with Crippen molar-refractivity contribution < 1.29 is 14.4 Å². The van der Waals surface area contributed by atoms with Crippen LogP contribution in [0.4, 0.5) is 0 Å². The Bertz CT molecular complexity index is 1410. The molecule has 40 heavy (non-hydrogen) atoms. The molecule has 2 bridgehead atoms. The molecule has 0 saturated heterocycles. The van der Waals surface area contributed by atoms with Gasteiger partial charge in [-0.15, -0.1) is 0 Å². The standard InChI is InChI=1S/C30H41N7O3/c1-19(2)12-16-37-22-9-11-26-23(18-22)28(34-35(26)4)29(39)31-13-6-15-36(14-5-7-27(37)38)30(40)21-8-10-24-25(17-21)33-20(3)32-24/h8,10,17,19,22H,5-7,9,11-16,18H2,1-4H3,(H,31,39)(H,32,33). The van der Waals surface area contributed by atoms with Crippen LogP contribution >= 0.6 is 0 Å². The van der Waals surface area contributed by atoms with E-state index in [0.717, 1.165) is 47.4 Å². The Morgan fingerprint density at radius 2 is 1.95 bits per heavy atom. The number of rotatable bonds is 4. The first-order valence-corrected chi connectivity index (χ1v) is 14.6. The molecule has 1 atom stereocenters. The lowest BCUT2D eigenvalue weighted by atomic mass is 9.89. The third-order valence-electron chi connectivity index (χ3n) is 8.20. The van der Waals surface area contributed by atoms with Crippen LogP contribution < -0.4 is 5.32 Å². The fourth-order valence-electron chi connectivity index (χ4n) is 6.02. The highest BCUT2D eigenvalue weighted by Gasteiger charge is 2.33. The van der Waals surface area contributed by atoms with Gasteiger partial charge in [0, 0.05) is 62.5 Å². The fourth-order valence-corrected chi connectivity index (χ4v) is 6.02. The number of fused-ring (bicyclic) bond motifs is 2. The lowest BCUT2D eigenvalue weighted by Crippen LogP contribution is -2.45. The van der Waals surface area contributed by atoms with E-state index >= 15 is 0 Å². The first-order chi connectivity index (χ1) is 19.2. The molecule has 5 rings (SSSR count). The number of carbonyl (C=O) groups is 3. The number of hydrogen-bond acceptors (Lipinski definition) is 5. The quantitative estimate of drug-likeness (QED) is 0.520. The number of H-pyrrole nitrogens is 1. The molecule has 0 fully saturated rings. The van der Waals surface area contributed by atoms with E-state index in [4.69, 9.17) is 0 Å². The summed E-state index contributed by atoms with van der Waals surface area (Å²) in [5.74, 6) is 1.13. The normalized spacial score (nSPS) is 19.1. The molecule has 10 heteroatoms. The Kier molecular flexibility index (Phi) is 8.23. The maximum Gasteiger partial charge on any atom is 0.272 e. The molecule has 3 aromatic rings. The summed E-state index contributed by atoms with van der Waals surface area (Å²) < 4.78 is 1.82. The van der Waals surface area contributed by atoms with Gasteiger partial charge in [-0.2, -0.15) is 5.10 Å². The summed E-state index contributed by atoms with van der Waals surface area (Å²) >= 11 is 0. The van der Waals surface area contributed by atoms with Gasteiger partial charge in [-0.1, -0.05) is 13.8 Å². The van der Waals surface area contributed by atoms with Crippen LogP contribution in [0.1, 0.15) is 83.9 Å². The van der Waals surface area contributed by atoms with Gasteiger partial charge in [0.1, 0.15) is 5.82 Å². The molecule has 0 spiro atoms. The predicted octanol–water partition coefficient (Wildman–Crippen LogP) is 3.39. The fraction of sp³-hybridized carbons (Fsp3) is 0.567. The van der Waals surface area contributed by atoms with Crippen LogP contribution in [-0.4, -0.2) is 79.5 Å². The number of hydrogen-bond donors (Lipinski definition) is 2. The van der Waals surface area contributed by atoms with Crippen LogP contribution in [0.15, 0.2) is 18.2 Å². The molecule has 2 N–H and O–H groups in total. The summed E-state index contributed by atoms with van der Waals surface area (Å²) in [6, 6.07) is 5.55. The summed E-state index contributed by atoms with van der Waals surface area (Å²) in [6.45, 7) is 8.33. The molecule has 1 unspecified atom stereocenters. The number of nitrogens with one attached hydrogen (secondary N) is 2. The van der Waals surface area contributed by atoms with E-state index in [1.165, 1.54) is 0 Å². The van der Waals surface area contributed by atoms with Crippen LogP contribution in [-0.2, 0) is 24.7 Å². The van der Waals surface area contributed by atoms with Gasteiger partial charge in [0.25, 0.3) is 11.8 Å². The highest BCUT2D eigenvalue weighted by atomic mass is 16.2. The summed E-state index contributed by atoms with van der Waals surface area (Å²) in [7, 11) is 1.89. The molecular weight excluding hydrogens is 506 g/mol. The van der Waals surface area contributed by atoms with Gasteiger partial charge in [0.05, 0.1) is 11.0 Å². The largest absolute Gasteiger partial charge is 0.351 e. The number of aromatic nitrogens is 4. The van der Waals surface area contributed by atoms with E-state index in [2.05, 4.69) is 34.2 Å². The highest BCUT2D eigenvalue weighted by Crippen LogP contribution is 2.28. The maximum atomic E-state index is 13.6. The minimum atomic E-state index is -0.189. The molecule has 1 aliphatic heterocycles. The van der Waals surface area contributed by atoms with Gasteiger partial charge in [0.15, 0.2) is 5.69 Å². The second-order valence-electron chi connectivity index (χ2n) is 11.6. The second-order valence-corrected chi connectivity index (χ2v) is 11.6. The lowest BCUT2D eigenvalue weighted by Gasteiger charge is -2.35. The van der Waals surface area contributed by atoms with Gasteiger partial charge >= 0.3 is 0 Å². The summed E-state index contributed by atoms with van der Waals surface area (Å²) in [6.07, 6.45) is 4.82. The molecule has 0 saturated carbocycles. The summed E-state index contributed by atoms with van der Waals surface area (Å²) in [5, 5.41) is 7.60. The minimum absolute atomic E-state index is 0.0435. The van der Waals surface area contributed by atoms with Crippen LogP contribution in [0.25, 0.3) is 11.0 Å². The van der Waals surface area contributed by atoms with E-state index in [1.807, 2.05) is 40.6 Å². The molecule has 1 aromatic carbocycles. The average molecular weight is 548 g/mol. The Balaban J connectivity index is 1.39. The first kappa shape index (κ1) is 27.9. The zero-order valence-electron chi connectivity index (χ0n) is 24.1. The van der Waals surface area contributed by atoms with E-state index < -0.39 is 0 Å². The number of amides is 3. The number of imidazole rings is 1. The van der Waals surface area contributed by atoms with Crippen molar-refractivity contribution in [2.75, 3.05) is 26.2 Å². The van der Waals surface area contributed by atoms with Crippen molar-refractivity contribution in [3.63, 3.8) is 0 Å². The first-order valence-electron chi connectivity index (χ1n) is 14.6. The van der Waals surface area contributed by atoms with Gasteiger partial charge in [-0.3, -0.25) is 19.1 Å². The van der Waals surface area contributed by atoms with E-state index in [-0.39, 0.29) is 23.8 Å². The van der Waals surface area contributed by atoms with E-state index in [1.54, 1.807) is 6.07 Å². The number of aromatic amines is 1. The molecule has 3 amide bonds. The van der Waals surface area contributed by atoms with E-state index in [0.29, 0.717) is 69.0 Å². The van der Waals surface area contributed by atoms with Crippen molar-refractivity contribution in [2.45, 2.75) is 71.8 Å². The van der Waals surface area contributed by atoms with Gasteiger partial charge in [0.2, 0.25) is 5.91 Å². The SMILES string of the molecule is Cc1nc2ccc(C(=O)N3CCCNC(=O)c4nn(C)c5c4CC(CC5)N(CCC(C)C)C(=O)CCC3)cc2[nH]1. The van der Waals surface area contributed by atoms with Crippen molar-refractivity contribution in [3.05, 3.63) is 46.5 Å². The molecule has 2 aromatic heterocycles. The zero-order valence-corrected chi connectivity index (χ0v) is 24.1. The molecule has 0 radical (unpaired) electrons. The highest BCUT2D eigenvalue weighted by molar-refractivity contribution is 5.97. The van der Waals surface area contributed by atoms with Crippen LogP contribution in [0.3, 0.4) is 0 Å². The van der Waals surface area contributed by atoms with Crippen LogP contribution in [0, 0.1) is 12.8 Å². The molecule has 2 aliphatic rings. The third-order valence-corrected chi connectivity index (χ3v) is 8.20. The predicted molar refractivity (Wildman–Crippen MR) is 153 cm³/mol. The Labute approximate surface area is 235 Å². The van der Waals surface area contributed by atoms with Gasteiger partial charge in [-0.05, 0) is 69.6 Å². The lowest BCUT2D eigenvalue weighted by molar-refractivity contribution is -0.134. The van der Waals surface area contributed by atoms with Crippen LogP contribution in [0.2, 0.25) is 0 Å². The molecule has 214 valence electrons. The zero-order chi connectivity index (χ0) is 28.4. The van der Waals surface area contributed by atoms with Crippen molar-refractivity contribution in [1.82, 2.24) is 34.9 Å². The van der Waals surface area contributed by atoms with Gasteiger partial charge in [-0.25, -0.2) is 4.98 Å². The van der Waals surface area contributed by atoms with Crippen molar-refractivity contribution >= 4 is 28.8 Å². The van der Waals surface area contributed by atoms with Crippen molar-refractivity contribution in [2.24, 2.45) is 13.0 Å². The topological polar surface area (TPSA) is 116 Å². The summed E-state index contributed by atoms with van der Waals surface area (Å²) in [4.78, 5) is 51.9. The Morgan fingerprint density at radius 3 is 2.75 bits per heavy atom.